The highest BCUT2D eigenvalue weighted by molar-refractivity contribution is 6.41. The van der Waals surface area contributed by atoms with Gasteiger partial charge in [0.05, 0.1) is 10.6 Å². The second-order valence-corrected chi connectivity index (χ2v) is 4.36. The molecule has 0 aromatic carbocycles. The molecule has 1 heterocycles. The van der Waals surface area contributed by atoms with Gasteiger partial charge in [-0.05, 0) is 25.0 Å². The van der Waals surface area contributed by atoms with E-state index in [0.29, 0.717) is 5.56 Å². The number of rotatable bonds is 3. The molecular weight excluding hydrogens is 245 g/mol. The monoisotopic (exact) mass is 254 g/mol. The van der Waals surface area contributed by atoms with Gasteiger partial charge >= 0.3 is 0 Å². The number of hydrogen-bond donors (Lipinski definition) is 1. The van der Waals surface area contributed by atoms with Gasteiger partial charge in [-0.2, -0.15) is 0 Å². The molecule has 0 aliphatic heterocycles. The third kappa shape index (κ3) is 3.26. The second-order valence-electron chi connectivity index (χ2n) is 3.60. The Bertz CT molecular complexity index is 356. The summed E-state index contributed by atoms with van der Waals surface area (Å²) in [5.41, 5.74) is 4.38. The lowest BCUT2D eigenvalue weighted by atomic mass is 9.95. The van der Waals surface area contributed by atoms with E-state index in [1.54, 1.807) is 0 Å². The number of aromatic nitrogens is 1. The first-order valence-electron chi connectivity index (χ1n) is 4.20. The minimum absolute atomic E-state index is 0.00540. The second kappa shape index (κ2) is 4.60. The van der Waals surface area contributed by atoms with Crippen LogP contribution in [0.2, 0.25) is 10.2 Å². The van der Waals surface area contributed by atoms with Gasteiger partial charge in [-0.1, -0.05) is 23.2 Å². The molecule has 1 aromatic rings. The highest BCUT2D eigenvalue weighted by Crippen LogP contribution is 2.23. The molecule has 0 saturated carbocycles. The summed E-state index contributed by atoms with van der Waals surface area (Å²) in [6.07, 6.45) is -1.22. The van der Waals surface area contributed by atoms with Crippen molar-refractivity contribution >= 4 is 23.2 Å². The Morgan fingerprint density at radius 3 is 2.60 bits per heavy atom. The smallest absolute Gasteiger partial charge is 0.256 e. The van der Waals surface area contributed by atoms with E-state index in [4.69, 9.17) is 28.9 Å². The molecule has 1 atom stereocenters. The predicted octanol–water partition coefficient (Wildman–Crippen LogP) is 2.91. The van der Waals surface area contributed by atoms with Gasteiger partial charge in [0.25, 0.3) is 6.43 Å². The Morgan fingerprint density at radius 1 is 1.53 bits per heavy atom. The minimum atomic E-state index is -2.60. The van der Waals surface area contributed by atoms with Crippen molar-refractivity contribution in [2.75, 3.05) is 0 Å². The van der Waals surface area contributed by atoms with Gasteiger partial charge in [0.2, 0.25) is 0 Å². The standard InChI is InChI=1S/C9H10Cl2F2N2/c1-9(14,8(12)13)3-5-2-6(10)7(11)15-4-5/h2,4,8H,3,14H2,1H3. The lowest BCUT2D eigenvalue weighted by Gasteiger charge is -2.23. The van der Waals surface area contributed by atoms with Crippen LogP contribution in [-0.2, 0) is 6.42 Å². The normalized spacial score (nSPS) is 15.4. The average molecular weight is 255 g/mol. The third-order valence-electron chi connectivity index (χ3n) is 1.94. The van der Waals surface area contributed by atoms with Gasteiger partial charge in [-0.15, -0.1) is 0 Å². The van der Waals surface area contributed by atoms with Crippen LogP contribution in [-0.4, -0.2) is 16.9 Å². The van der Waals surface area contributed by atoms with Crippen LogP contribution in [0, 0.1) is 0 Å². The lowest BCUT2D eigenvalue weighted by Crippen LogP contribution is -2.45. The van der Waals surface area contributed by atoms with Crippen molar-refractivity contribution in [3.63, 3.8) is 0 Å². The molecule has 0 amide bonds. The molecule has 0 bridgehead atoms. The van der Waals surface area contributed by atoms with Crippen molar-refractivity contribution in [2.24, 2.45) is 5.73 Å². The largest absolute Gasteiger partial charge is 0.320 e. The van der Waals surface area contributed by atoms with E-state index in [0.717, 1.165) is 0 Å². The zero-order chi connectivity index (χ0) is 11.6. The van der Waals surface area contributed by atoms with E-state index < -0.39 is 12.0 Å². The number of pyridine rings is 1. The van der Waals surface area contributed by atoms with E-state index >= 15 is 0 Å². The number of nitrogens with zero attached hydrogens (tertiary/aromatic N) is 1. The summed E-state index contributed by atoms with van der Waals surface area (Å²) in [6.45, 7) is 1.28. The highest BCUT2D eigenvalue weighted by atomic mass is 35.5. The van der Waals surface area contributed by atoms with E-state index in [-0.39, 0.29) is 16.6 Å². The predicted molar refractivity (Wildman–Crippen MR) is 56.6 cm³/mol. The van der Waals surface area contributed by atoms with E-state index in [1.165, 1.54) is 19.2 Å². The Kier molecular flexibility index (Phi) is 3.87. The van der Waals surface area contributed by atoms with E-state index in [9.17, 15) is 8.78 Å². The summed E-state index contributed by atoms with van der Waals surface area (Å²) in [7, 11) is 0. The van der Waals surface area contributed by atoms with Crippen molar-refractivity contribution in [1.82, 2.24) is 4.98 Å². The number of halogens is 4. The maximum atomic E-state index is 12.5. The zero-order valence-electron chi connectivity index (χ0n) is 7.98. The first kappa shape index (κ1) is 12.6. The fourth-order valence-electron chi connectivity index (χ4n) is 1.07. The van der Waals surface area contributed by atoms with Crippen molar-refractivity contribution in [2.45, 2.75) is 25.3 Å². The molecule has 0 aliphatic carbocycles. The van der Waals surface area contributed by atoms with Crippen LogP contribution in [0.25, 0.3) is 0 Å². The molecule has 0 radical (unpaired) electrons. The van der Waals surface area contributed by atoms with Crippen molar-refractivity contribution in [3.05, 3.63) is 28.0 Å². The van der Waals surface area contributed by atoms with Gasteiger partial charge in [-0.3, -0.25) is 0 Å². The van der Waals surface area contributed by atoms with Crippen LogP contribution in [0.5, 0.6) is 0 Å². The molecule has 0 aliphatic rings. The molecular formula is C9H10Cl2F2N2. The Balaban J connectivity index is 2.86. The van der Waals surface area contributed by atoms with Crippen LogP contribution >= 0.6 is 23.2 Å². The maximum absolute atomic E-state index is 12.5. The fraction of sp³-hybridized carbons (Fsp3) is 0.444. The summed E-state index contributed by atoms with van der Waals surface area (Å²) in [6, 6.07) is 1.49. The van der Waals surface area contributed by atoms with Crippen LogP contribution < -0.4 is 5.73 Å². The molecule has 2 nitrogen and oxygen atoms in total. The molecule has 6 heteroatoms. The summed E-state index contributed by atoms with van der Waals surface area (Å²) >= 11 is 11.3. The third-order valence-corrected chi connectivity index (χ3v) is 2.62. The summed E-state index contributed by atoms with van der Waals surface area (Å²) in [5.74, 6) is 0. The highest BCUT2D eigenvalue weighted by Gasteiger charge is 2.30. The Morgan fingerprint density at radius 2 is 2.13 bits per heavy atom. The van der Waals surface area contributed by atoms with Crippen molar-refractivity contribution in [1.29, 1.82) is 0 Å². The number of alkyl halides is 2. The van der Waals surface area contributed by atoms with Gasteiger partial charge in [0.15, 0.2) is 0 Å². The molecule has 1 unspecified atom stereocenters. The quantitative estimate of drug-likeness (QED) is 0.843. The SMILES string of the molecule is CC(N)(Cc1cnc(Cl)c(Cl)c1)C(F)F. The number of nitrogens with two attached hydrogens (primary N) is 1. The van der Waals surface area contributed by atoms with E-state index in [2.05, 4.69) is 4.98 Å². The lowest BCUT2D eigenvalue weighted by molar-refractivity contribution is 0.0639. The van der Waals surface area contributed by atoms with Gasteiger partial charge in [-0.25, -0.2) is 13.8 Å². The van der Waals surface area contributed by atoms with Gasteiger partial charge in [0, 0.05) is 6.20 Å². The van der Waals surface area contributed by atoms with Gasteiger partial charge in [0.1, 0.15) is 5.15 Å². The maximum Gasteiger partial charge on any atom is 0.256 e. The summed E-state index contributed by atoms with van der Waals surface area (Å²) in [5, 5.41) is 0.385. The van der Waals surface area contributed by atoms with Crippen LogP contribution in [0.3, 0.4) is 0 Å². The zero-order valence-corrected chi connectivity index (χ0v) is 9.49. The van der Waals surface area contributed by atoms with Crippen LogP contribution in [0.4, 0.5) is 8.78 Å². The Hall–Kier alpha value is -0.450. The Labute approximate surface area is 96.4 Å². The molecule has 15 heavy (non-hydrogen) atoms. The molecule has 0 saturated heterocycles. The molecule has 1 rings (SSSR count). The fourth-order valence-corrected chi connectivity index (χ4v) is 1.37. The summed E-state index contributed by atoms with van der Waals surface area (Å²) < 4.78 is 24.9. The molecule has 0 fully saturated rings. The minimum Gasteiger partial charge on any atom is -0.320 e. The van der Waals surface area contributed by atoms with Gasteiger partial charge < -0.3 is 5.73 Å². The van der Waals surface area contributed by atoms with Crippen molar-refractivity contribution < 1.29 is 8.78 Å². The van der Waals surface area contributed by atoms with Crippen molar-refractivity contribution in [3.8, 4) is 0 Å². The molecule has 2 N–H and O–H groups in total. The van der Waals surface area contributed by atoms with Crippen LogP contribution in [0.1, 0.15) is 12.5 Å². The van der Waals surface area contributed by atoms with E-state index in [1.807, 2.05) is 0 Å². The molecule has 84 valence electrons. The first-order chi connectivity index (χ1) is 6.83. The first-order valence-corrected chi connectivity index (χ1v) is 4.95. The molecule has 1 aromatic heterocycles. The summed E-state index contributed by atoms with van der Waals surface area (Å²) in [4.78, 5) is 3.76. The average Bonchev–Trinajstić information content (AvgIpc) is 2.10. The molecule has 0 spiro atoms. The number of hydrogen-bond acceptors (Lipinski definition) is 2. The van der Waals surface area contributed by atoms with Crippen LogP contribution in [0.15, 0.2) is 12.3 Å². The topological polar surface area (TPSA) is 38.9 Å².